The van der Waals surface area contributed by atoms with Gasteiger partial charge >= 0.3 is 0 Å². The lowest BCUT2D eigenvalue weighted by Crippen LogP contribution is -2.42. The lowest BCUT2D eigenvalue weighted by Gasteiger charge is -2.35. The van der Waals surface area contributed by atoms with Crippen LogP contribution in [0.25, 0.3) is 0 Å². The fourth-order valence-electron chi connectivity index (χ4n) is 3.92. The molecule has 0 saturated heterocycles. The molecular formula is C19H20BrClN4O2. The molecule has 1 aliphatic heterocycles. The molecule has 0 spiro atoms. The molecule has 2 atom stereocenters. The van der Waals surface area contributed by atoms with Crippen LogP contribution in [0.4, 0.5) is 5.95 Å². The lowest BCUT2D eigenvalue weighted by atomic mass is 9.90. The Bertz CT molecular complexity index is 879. The van der Waals surface area contributed by atoms with Crippen molar-refractivity contribution in [2.24, 2.45) is 0 Å². The predicted octanol–water partition coefficient (Wildman–Crippen LogP) is 4.28. The molecule has 4 rings (SSSR count). The molecule has 1 saturated carbocycles. The second-order valence-electron chi connectivity index (χ2n) is 6.95. The first-order chi connectivity index (χ1) is 13.0. The van der Waals surface area contributed by atoms with E-state index in [4.69, 9.17) is 16.3 Å². The van der Waals surface area contributed by atoms with Gasteiger partial charge in [-0.25, -0.2) is 4.98 Å². The zero-order valence-corrected chi connectivity index (χ0v) is 17.3. The highest BCUT2D eigenvalue weighted by atomic mass is 79.9. The number of rotatable bonds is 4. The average molecular weight is 452 g/mol. The van der Waals surface area contributed by atoms with Crippen LogP contribution in [0.2, 0.25) is 5.02 Å². The van der Waals surface area contributed by atoms with Gasteiger partial charge in [-0.1, -0.05) is 33.6 Å². The number of anilines is 1. The van der Waals surface area contributed by atoms with Gasteiger partial charge in [-0.15, -0.1) is 0 Å². The van der Waals surface area contributed by atoms with E-state index in [-0.39, 0.29) is 18.0 Å². The van der Waals surface area contributed by atoms with E-state index in [1.807, 2.05) is 23.1 Å². The standard InChI is InChI=1S/C19H20BrClN4O2/c1-27-17-16(21)9-22-19(24-17)23-13-3-2-4-14(8-13)25-10-11-5-6-12(20)7-15(11)18(25)26/h5-7,9,13-14H,2-4,8,10H2,1H3,(H,22,23,24)/t13-,14+/m1/s1. The van der Waals surface area contributed by atoms with E-state index in [1.165, 1.54) is 13.3 Å². The highest BCUT2D eigenvalue weighted by Crippen LogP contribution is 2.33. The van der Waals surface area contributed by atoms with Crippen molar-refractivity contribution < 1.29 is 9.53 Å². The number of hydrogen-bond donors (Lipinski definition) is 1. The Balaban J connectivity index is 1.45. The molecule has 2 aliphatic rings. The lowest BCUT2D eigenvalue weighted by molar-refractivity contribution is 0.0654. The fraction of sp³-hybridized carbons (Fsp3) is 0.421. The summed E-state index contributed by atoms with van der Waals surface area (Å²) in [5.74, 6) is 0.987. The maximum absolute atomic E-state index is 12.9. The first-order valence-electron chi connectivity index (χ1n) is 8.97. The number of ether oxygens (including phenoxy) is 1. The van der Waals surface area contributed by atoms with Gasteiger partial charge in [0.2, 0.25) is 11.8 Å². The molecule has 6 nitrogen and oxygen atoms in total. The average Bonchev–Trinajstić information content (AvgIpc) is 3.00. The summed E-state index contributed by atoms with van der Waals surface area (Å²) < 4.78 is 6.10. The SMILES string of the molecule is COc1nc(N[C@@H]2CCC[C@H](N3Cc4ccc(Br)cc4C3=O)C2)ncc1Cl. The molecule has 1 fully saturated rings. The summed E-state index contributed by atoms with van der Waals surface area (Å²) in [7, 11) is 1.53. The summed E-state index contributed by atoms with van der Waals surface area (Å²) in [4.78, 5) is 23.4. The van der Waals surface area contributed by atoms with Crippen LogP contribution in [0.5, 0.6) is 5.88 Å². The van der Waals surface area contributed by atoms with Crippen molar-refractivity contribution in [3.63, 3.8) is 0 Å². The Kier molecular flexibility index (Phi) is 5.23. The molecule has 27 heavy (non-hydrogen) atoms. The molecule has 8 heteroatoms. The minimum absolute atomic E-state index is 0.126. The van der Waals surface area contributed by atoms with Crippen LogP contribution in [0.3, 0.4) is 0 Å². The Hall–Kier alpha value is -1.86. The fourth-order valence-corrected chi connectivity index (χ4v) is 4.44. The third kappa shape index (κ3) is 3.75. The van der Waals surface area contributed by atoms with E-state index in [0.29, 0.717) is 23.4 Å². The second-order valence-corrected chi connectivity index (χ2v) is 8.27. The molecule has 0 radical (unpaired) electrons. The van der Waals surface area contributed by atoms with Crippen LogP contribution >= 0.6 is 27.5 Å². The van der Waals surface area contributed by atoms with Gasteiger partial charge in [-0.05, 0) is 43.4 Å². The largest absolute Gasteiger partial charge is 0.480 e. The number of halogens is 2. The van der Waals surface area contributed by atoms with Crippen LogP contribution in [0.15, 0.2) is 28.9 Å². The van der Waals surface area contributed by atoms with Gasteiger partial charge in [0, 0.05) is 28.7 Å². The zero-order valence-electron chi connectivity index (χ0n) is 14.9. The third-order valence-electron chi connectivity index (χ3n) is 5.23. The van der Waals surface area contributed by atoms with E-state index in [1.54, 1.807) is 0 Å². The molecule has 0 bridgehead atoms. The molecule has 142 valence electrons. The summed E-state index contributed by atoms with van der Waals surface area (Å²) >= 11 is 9.45. The predicted molar refractivity (Wildman–Crippen MR) is 107 cm³/mol. The van der Waals surface area contributed by atoms with E-state index in [2.05, 4.69) is 31.2 Å². The summed E-state index contributed by atoms with van der Waals surface area (Å²) in [6, 6.07) is 6.36. The number of amides is 1. The van der Waals surface area contributed by atoms with Crippen molar-refractivity contribution in [2.45, 2.75) is 44.3 Å². The third-order valence-corrected chi connectivity index (χ3v) is 5.98. The zero-order chi connectivity index (χ0) is 19.0. The van der Waals surface area contributed by atoms with Crippen LogP contribution in [-0.2, 0) is 6.54 Å². The number of aromatic nitrogens is 2. The summed E-state index contributed by atoms with van der Waals surface area (Å²) in [5.41, 5.74) is 1.91. The Morgan fingerprint density at radius 1 is 1.37 bits per heavy atom. The molecule has 1 aliphatic carbocycles. The number of hydrogen-bond acceptors (Lipinski definition) is 5. The van der Waals surface area contributed by atoms with Crippen LogP contribution < -0.4 is 10.1 Å². The number of methoxy groups -OCH3 is 1. The normalized spacial score (nSPS) is 21.9. The highest BCUT2D eigenvalue weighted by molar-refractivity contribution is 9.10. The van der Waals surface area contributed by atoms with Crippen molar-refractivity contribution in [1.82, 2.24) is 14.9 Å². The number of carbonyl (C=O) groups is 1. The van der Waals surface area contributed by atoms with Gasteiger partial charge in [0.1, 0.15) is 5.02 Å². The molecule has 0 unspecified atom stereocenters. The summed E-state index contributed by atoms with van der Waals surface area (Å²) in [6.07, 6.45) is 5.50. The molecule has 2 aromatic rings. The number of fused-ring (bicyclic) bond motifs is 1. The van der Waals surface area contributed by atoms with E-state index in [0.717, 1.165) is 41.3 Å². The van der Waals surface area contributed by atoms with E-state index in [9.17, 15) is 4.79 Å². The van der Waals surface area contributed by atoms with Crippen molar-refractivity contribution in [3.05, 3.63) is 45.0 Å². The second kappa shape index (κ2) is 7.64. The molecular weight excluding hydrogens is 432 g/mol. The minimum atomic E-state index is 0.126. The number of carbonyl (C=O) groups excluding carboxylic acids is 1. The topological polar surface area (TPSA) is 67.3 Å². The maximum atomic E-state index is 12.9. The van der Waals surface area contributed by atoms with Gasteiger partial charge in [0.15, 0.2) is 0 Å². The van der Waals surface area contributed by atoms with Gasteiger partial charge in [-0.2, -0.15) is 4.98 Å². The first kappa shape index (κ1) is 18.5. The van der Waals surface area contributed by atoms with Crippen molar-refractivity contribution in [1.29, 1.82) is 0 Å². The number of nitrogens with zero attached hydrogens (tertiary/aromatic N) is 3. The van der Waals surface area contributed by atoms with Crippen LogP contribution in [0, 0.1) is 0 Å². The monoisotopic (exact) mass is 450 g/mol. The Morgan fingerprint density at radius 3 is 3.04 bits per heavy atom. The van der Waals surface area contributed by atoms with Gasteiger partial charge in [-0.3, -0.25) is 4.79 Å². The van der Waals surface area contributed by atoms with Crippen LogP contribution in [0.1, 0.15) is 41.6 Å². The van der Waals surface area contributed by atoms with Crippen LogP contribution in [-0.4, -0.2) is 40.0 Å². The van der Waals surface area contributed by atoms with E-state index >= 15 is 0 Å². The highest BCUT2D eigenvalue weighted by Gasteiger charge is 2.35. The molecule has 1 aromatic heterocycles. The maximum Gasteiger partial charge on any atom is 0.254 e. The number of nitrogens with one attached hydrogen (secondary N) is 1. The molecule has 2 heterocycles. The Labute approximate surface area is 171 Å². The summed E-state index contributed by atoms with van der Waals surface area (Å²) in [5, 5.41) is 3.76. The molecule has 1 amide bonds. The van der Waals surface area contributed by atoms with Crippen molar-refractivity contribution in [2.75, 3.05) is 12.4 Å². The molecule has 1 aromatic carbocycles. The van der Waals surface area contributed by atoms with Gasteiger partial charge in [0.25, 0.3) is 5.91 Å². The quantitative estimate of drug-likeness (QED) is 0.751. The number of benzene rings is 1. The van der Waals surface area contributed by atoms with Crippen molar-refractivity contribution in [3.8, 4) is 5.88 Å². The van der Waals surface area contributed by atoms with Crippen molar-refractivity contribution >= 4 is 39.4 Å². The smallest absolute Gasteiger partial charge is 0.254 e. The van der Waals surface area contributed by atoms with Gasteiger partial charge in [0.05, 0.1) is 13.3 Å². The first-order valence-corrected chi connectivity index (χ1v) is 10.1. The minimum Gasteiger partial charge on any atom is -0.480 e. The Morgan fingerprint density at radius 2 is 2.22 bits per heavy atom. The van der Waals surface area contributed by atoms with Gasteiger partial charge < -0.3 is 15.0 Å². The van der Waals surface area contributed by atoms with E-state index < -0.39 is 0 Å². The summed E-state index contributed by atoms with van der Waals surface area (Å²) in [6.45, 7) is 0.685. The molecule has 1 N–H and O–H groups in total.